The highest BCUT2D eigenvalue weighted by Gasteiger charge is 2.14. The highest BCUT2D eigenvalue weighted by atomic mass is 16.1. The van der Waals surface area contributed by atoms with Crippen LogP contribution in [-0.4, -0.2) is 10.5 Å². The second kappa shape index (κ2) is 7.51. The number of aromatic nitrogens is 1. The molecule has 0 fully saturated rings. The predicted molar refractivity (Wildman–Crippen MR) is 110 cm³/mol. The van der Waals surface area contributed by atoms with E-state index in [0.717, 1.165) is 33.3 Å². The normalized spacial score (nSPS) is 11.6. The molecule has 0 aliphatic rings. The molecule has 0 saturated heterocycles. The number of fused-ring (bicyclic) bond motifs is 1. The standard InChI is InChI=1S/C23H23N3O/c1-15(2)26-14-19(20-7-5-6-8-22(20)26)12-18(13-24)23(27)25-21-11-16(3)9-10-17(21)4/h5-12,14-15H,1-4H3,(H,25,27)/b18-12+. The van der Waals surface area contributed by atoms with Gasteiger partial charge in [0.25, 0.3) is 5.91 Å². The fraction of sp³-hybridized carbons (Fsp3) is 0.217. The zero-order chi connectivity index (χ0) is 19.6. The Bertz CT molecular complexity index is 1080. The van der Waals surface area contributed by atoms with Crippen molar-refractivity contribution in [3.63, 3.8) is 0 Å². The van der Waals surface area contributed by atoms with Crippen molar-refractivity contribution in [1.82, 2.24) is 4.57 Å². The molecule has 27 heavy (non-hydrogen) atoms. The number of benzene rings is 2. The first-order valence-corrected chi connectivity index (χ1v) is 9.00. The molecule has 0 unspecified atom stereocenters. The Labute approximate surface area is 159 Å². The van der Waals surface area contributed by atoms with Crippen molar-refractivity contribution in [2.24, 2.45) is 0 Å². The molecule has 1 N–H and O–H groups in total. The summed E-state index contributed by atoms with van der Waals surface area (Å²) in [7, 11) is 0. The number of nitrogens with one attached hydrogen (secondary N) is 1. The molecule has 4 heteroatoms. The van der Waals surface area contributed by atoms with Gasteiger partial charge in [0.2, 0.25) is 0 Å². The molecular formula is C23H23N3O. The molecule has 1 aromatic heterocycles. The van der Waals surface area contributed by atoms with Crippen molar-refractivity contribution in [3.8, 4) is 6.07 Å². The largest absolute Gasteiger partial charge is 0.344 e. The minimum Gasteiger partial charge on any atom is -0.344 e. The van der Waals surface area contributed by atoms with Gasteiger partial charge in [-0.05, 0) is 57.0 Å². The molecule has 0 radical (unpaired) electrons. The Kier molecular flexibility index (Phi) is 5.14. The number of rotatable bonds is 4. The minimum atomic E-state index is -0.396. The van der Waals surface area contributed by atoms with Crippen LogP contribution in [0.4, 0.5) is 5.69 Å². The maximum absolute atomic E-state index is 12.7. The predicted octanol–water partition coefficient (Wildman–Crippen LogP) is 5.38. The van der Waals surface area contributed by atoms with E-state index in [4.69, 9.17) is 0 Å². The average Bonchev–Trinajstić information content (AvgIpc) is 3.01. The third-order valence-corrected chi connectivity index (χ3v) is 4.63. The van der Waals surface area contributed by atoms with Gasteiger partial charge in [-0.15, -0.1) is 0 Å². The van der Waals surface area contributed by atoms with Crippen molar-refractivity contribution in [2.75, 3.05) is 5.32 Å². The van der Waals surface area contributed by atoms with E-state index >= 15 is 0 Å². The van der Waals surface area contributed by atoms with Gasteiger partial charge in [-0.2, -0.15) is 5.26 Å². The Morgan fingerprint density at radius 2 is 1.93 bits per heavy atom. The first-order valence-electron chi connectivity index (χ1n) is 9.00. The summed E-state index contributed by atoms with van der Waals surface area (Å²) in [5.41, 5.74) is 4.78. The van der Waals surface area contributed by atoms with Gasteiger partial charge in [0.1, 0.15) is 11.6 Å². The quantitative estimate of drug-likeness (QED) is 0.503. The van der Waals surface area contributed by atoms with E-state index in [1.54, 1.807) is 6.08 Å². The number of amides is 1. The topological polar surface area (TPSA) is 57.8 Å². The number of para-hydroxylation sites is 1. The van der Waals surface area contributed by atoms with Gasteiger partial charge in [-0.3, -0.25) is 4.79 Å². The monoisotopic (exact) mass is 357 g/mol. The number of hydrogen-bond acceptors (Lipinski definition) is 2. The average molecular weight is 357 g/mol. The summed E-state index contributed by atoms with van der Waals surface area (Å²) in [4.78, 5) is 12.7. The van der Waals surface area contributed by atoms with Crippen molar-refractivity contribution in [3.05, 3.63) is 70.9 Å². The molecule has 1 amide bonds. The van der Waals surface area contributed by atoms with Gasteiger partial charge in [0.05, 0.1) is 0 Å². The maximum Gasteiger partial charge on any atom is 0.266 e. The lowest BCUT2D eigenvalue weighted by molar-refractivity contribution is -0.112. The Hall–Kier alpha value is -3.32. The molecule has 1 heterocycles. The molecule has 2 aromatic carbocycles. The van der Waals surface area contributed by atoms with Crippen LogP contribution < -0.4 is 5.32 Å². The van der Waals surface area contributed by atoms with Gasteiger partial charge in [-0.25, -0.2) is 0 Å². The SMILES string of the molecule is Cc1ccc(C)c(NC(=O)/C(C#N)=C/c2cn(C(C)C)c3ccccc23)c1. The number of carbonyl (C=O) groups excluding carboxylic acids is 1. The van der Waals surface area contributed by atoms with Gasteiger partial charge >= 0.3 is 0 Å². The summed E-state index contributed by atoms with van der Waals surface area (Å²) in [5, 5.41) is 13.5. The summed E-state index contributed by atoms with van der Waals surface area (Å²) in [6.07, 6.45) is 3.67. The molecule has 0 aliphatic heterocycles. The second-order valence-electron chi connectivity index (χ2n) is 7.04. The molecule has 136 valence electrons. The van der Waals surface area contributed by atoms with E-state index in [-0.39, 0.29) is 11.6 Å². The second-order valence-corrected chi connectivity index (χ2v) is 7.04. The lowest BCUT2D eigenvalue weighted by atomic mass is 10.1. The van der Waals surface area contributed by atoms with Gasteiger partial charge in [-0.1, -0.05) is 30.3 Å². The van der Waals surface area contributed by atoms with E-state index in [0.29, 0.717) is 0 Å². The molecule has 3 aromatic rings. The smallest absolute Gasteiger partial charge is 0.266 e. The molecule has 0 atom stereocenters. The molecule has 0 saturated carbocycles. The highest BCUT2D eigenvalue weighted by Crippen LogP contribution is 2.26. The number of aryl methyl sites for hydroxylation is 2. The van der Waals surface area contributed by atoms with E-state index in [1.807, 2.05) is 62.5 Å². The van der Waals surface area contributed by atoms with E-state index in [1.165, 1.54) is 0 Å². The lowest BCUT2D eigenvalue weighted by Gasteiger charge is -2.08. The number of carbonyl (C=O) groups is 1. The van der Waals surface area contributed by atoms with E-state index < -0.39 is 5.91 Å². The fourth-order valence-electron chi connectivity index (χ4n) is 3.14. The van der Waals surface area contributed by atoms with Gasteiger partial charge in [0.15, 0.2) is 0 Å². The fourth-order valence-corrected chi connectivity index (χ4v) is 3.14. The van der Waals surface area contributed by atoms with Crippen LogP contribution in [0.3, 0.4) is 0 Å². The van der Waals surface area contributed by atoms with Gasteiger partial charge < -0.3 is 9.88 Å². The van der Waals surface area contributed by atoms with Gasteiger partial charge in [0, 0.05) is 34.4 Å². The highest BCUT2D eigenvalue weighted by molar-refractivity contribution is 6.11. The van der Waals surface area contributed by atoms with Crippen LogP contribution in [0.15, 0.2) is 54.2 Å². The maximum atomic E-state index is 12.7. The Morgan fingerprint density at radius 1 is 1.19 bits per heavy atom. The van der Waals surface area contributed by atoms with Crippen LogP contribution in [0.25, 0.3) is 17.0 Å². The number of nitrogens with zero attached hydrogens (tertiary/aromatic N) is 2. The summed E-state index contributed by atoms with van der Waals surface area (Å²) < 4.78 is 2.15. The summed E-state index contributed by atoms with van der Waals surface area (Å²) in [6.45, 7) is 8.12. The molecule has 0 bridgehead atoms. The van der Waals surface area contributed by atoms with E-state index in [2.05, 4.69) is 29.8 Å². The van der Waals surface area contributed by atoms with Crippen LogP contribution in [0.2, 0.25) is 0 Å². The van der Waals surface area contributed by atoms with Crippen LogP contribution in [0, 0.1) is 25.2 Å². The van der Waals surface area contributed by atoms with E-state index in [9.17, 15) is 10.1 Å². The lowest BCUT2D eigenvalue weighted by Crippen LogP contribution is -2.14. The molecule has 0 aliphatic carbocycles. The van der Waals surface area contributed by atoms with Crippen LogP contribution in [0.5, 0.6) is 0 Å². The summed E-state index contributed by atoms with van der Waals surface area (Å²) in [6, 6.07) is 16.2. The zero-order valence-electron chi connectivity index (χ0n) is 16.1. The van der Waals surface area contributed by atoms with Crippen molar-refractivity contribution >= 4 is 28.6 Å². The number of hydrogen-bond donors (Lipinski definition) is 1. The molecular weight excluding hydrogens is 334 g/mol. The third-order valence-electron chi connectivity index (χ3n) is 4.63. The number of anilines is 1. The molecule has 3 rings (SSSR count). The molecule has 0 spiro atoms. The number of nitriles is 1. The van der Waals surface area contributed by atoms with Crippen LogP contribution in [-0.2, 0) is 4.79 Å². The summed E-state index contributed by atoms with van der Waals surface area (Å²) in [5.74, 6) is -0.396. The first kappa shape index (κ1) is 18.5. The zero-order valence-corrected chi connectivity index (χ0v) is 16.1. The minimum absolute atomic E-state index is 0.0857. The third kappa shape index (κ3) is 3.78. The first-order chi connectivity index (χ1) is 12.9. The van der Waals surface area contributed by atoms with Crippen LogP contribution in [0.1, 0.15) is 36.6 Å². The van der Waals surface area contributed by atoms with Crippen LogP contribution >= 0.6 is 0 Å². The molecule has 4 nitrogen and oxygen atoms in total. The Balaban J connectivity index is 2.00. The van der Waals surface area contributed by atoms with Crippen molar-refractivity contribution in [2.45, 2.75) is 33.7 Å². The summed E-state index contributed by atoms with van der Waals surface area (Å²) >= 11 is 0. The Morgan fingerprint density at radius 3 is 2.63 bits per heavy atom. The van der Waals surface area contributed by atoms with Crippen molar-refractivity contribution < 1.29 is 4.79 Å². The van der Waals surface area contributed by atoms with Crippen molar-refractivity contribution in [1.29, 1.82) is 5.26 Å².